The molecule has 1 aliphatic carbocycles. The summed E-state index contributed by atoms with van der Waals surface area (Å²) < 4.78 is 5.52. The number of carbonyl (C=O) groups is 3. The van der Waals surface area contributed by atoms with Crippen molar-refractivity contribution in [3.8, 4) is 11.1 Å². The first kappa shape index (κ1) is 24.3. The number of rotatable bonds is 10. The van der Waals surface area contributed by atoms with Crippen LogP contribution >= 0.6 is 0 Å². The average Bonchev–Trinajstić information content (AvgIpc) is 3.12. The van der Waals surface area contributed by atoms with Crippen molar-refractivity contribution in [3.63, 3.8) is 0 Å². The standard InChI is InChI=1S/C26H32N2O5/c1-4-26(2,3)16-27-24(31)22(13-14-23(29)30)28-25(32)33-15-21-19-11-7-5-9-17(19)18-10-6-8-12-20(18)21/h5-12,21-22H,4,13-16H2,1-3H3,(H,27,31)(H,28,32)(H,29,30). The molecule has 0 aliphatic heterocycles. The number of carbonyl (C=O) groups excluding carboxylic acids is 2. The highest BCUT2D eigenvalue weighted by Crippen LogP contribution is 2.44. The van der Waals surface area contributed by atoms with E-state index in [2.05, 4.69) is 22.8 Å². The molecule has 2 aromatic rings. The summed E-state index contributed by atoms with van der Waals surface area (Å²) in [5.74, 6) is -1.54. The van der Waals surface area contributed by atoms with Crippen LogP contribution in [0.4, 0.5) is 4.79 Å². The predicted molar refractivity (Wildman–Crippen MR) is 126 cm³/mol. The second-order valence-electron chi connectivity index (χ2n) is 9.19. The molecule has 33 heavy (non-hydrogen) atoms. The molecule has 0 spiro atoms. The zero-order valence-electron chi connectivity index (χ0n) is 19.4. The Kier molecular flexibility index (Phi) is 7.74. The fraction of sp³-hybridized carbons (Fsp3) is 0.423. The number of hydrogen-bond acceptors (Lipinski definition) is 4. The molecular formula is C26H32N2O5. The molecule has 176 valence electrons. The lowest BCUT2D eigenvalue weighted by molar-refractivity contribution is -0.137. The third-order valence-electron chi connectivity index (χ3n) is 6.30. The molecule has 0 fully saturated rings. The highest BCUT2D eigenvalue weighted by atomic mass is 16.5. The Bertz CT molecular complexity index is 972. The summed E-state index contributed by atoms with van der Waals surface area (Å²) in [7, 11) is 0. The fourth-order valence-corrected chi connectivity index (χ4v) is 3.89. The van der Waals surface area contributed by atoms with E-state index in [-0.39, 0.29) is 30.8 Å². The monoisotopic (exact) mass is 452 g/mol. The van der Waals surface area contributed by atoms with Crippen molar-refractivity contribution >= 4 is 18.0 Å². The molecule has 0 bridgehead atoms. The van der Waals surface area contributed by atoms with Crippen LogP contribution in [0.5, 0.6) is 0 Å². The van der Waals surface area contributed by atoms with Crippen LogP contribution in [0.25, 0.3) is 11.1 Å². The number of amides is 2. The molecule has 1 atom stereocenters. The van der Waals surface area contributed by atoms with Gasteiger partial charge < -0.3 is 20.5 Å². The van der Waals surface area contributed by atoms with Gasteiger partial charge in [-0.05, 0) is 40.5 Å². The van der Waals surface area contributed by atoms with Crippen molar-refractivity contribution in [1.82, 2.24) is 10.6 Å². The van der Waals surface area contributed by atoms with Crippen LogP contribution in [0.3, 0.4) is 0 Å². The van der Waals surface area contributed by atoms with E-state index in [1.54, 1.807) is 0 Å². The molecule has 3 rings (SSSR count). The lowest BCUT2D eigenvalue weighted by atomic mass is 9.90. The number of carboxylic acids is 1. The van der Waals surface area contributed by atoms with Crippen molar-refractivity contribution in [2.45, 2.75) is 52.0 Å². The predicted octanol–water partition coefficient (Wildman–Crippen LogP) is 4.31. The Morgan fingerprint density at radius 3 is 2.15 bits per heavy atom. The number of benzene rings is 2. The van der Waals surface area contributed by atoms with Gasteiger partial charge >= 0.3 is 12.1 Å². The van der Waals surface area contributed by atoms with Crippen molar-refractivity contribution in [1.29, 1.82) is 0 Å². The van der Waals surface area contributed by atoms with Gasteiger partial charge in [0.25, 0.3) is 0 Å². The molecule has 0 radical (unpaired) electrons. The Labute approximate surface area is 194 Å². The first-order valence-electron chi connectivity index (χ1n) is 11.3. The minimum atomic E-state index is -1.03. The fourth-order valence-electron chi connectivity index (χ4n) is 3.89. The van der Waals surface area contributed by atoms with Crippen molar-refractivity contribution in [2.24, 2.45) is 5.41 Å². The minimum absolute atomic E-state index is 0.0160. The van der Waals surface area contributed by atoms with E-state index in [1.165, 1.54) is 0 Å². The number of hydrogen-bond donors (Lipinski definition) is 3. The molecule has 1 aliphatic rings. The Morgan fingerprint density at radius 1 is 1.03 bits per heavy atom. The van der Waals surface area contributed by atoms with Gasteiger partial charge in [0.05, 0.1) is 0 Å². The van der Waals surface area contributed by atoms with Gasteiger partial charge in [-0.2, -0.15) is 0 Å². The lowest BCUT2D eigenvalue weighted by Gasteiger charge is -2.25. The normalized spacial score (nSPS) is 13.5. The van der Waals surface area contributed by atoms with E-state index in [1.807, 2.05) is 57.2 Å². The van der Waals surface area contributed by atoms with Crippen LogP contribution in [0.2, 0.25) is 0 Å². The minimum Gasteiger partial charge on any atom is -0.481 e. The summed E-state index contributed by atoms with van der Waals surface area (Å²) in [6.07, 6.45) is -0.124. The number of ether oxygens (including phenoxy) is 1. The molecule has 0 heterocycles. The van der Waals surface area contributed by atoms with Crippen LogP contribution < -0.4 is 10.6 Å². The van der Waals surface area contributed by atoms with Crippen LogP contribution in [0.1, 0.15) is 57.1 Å². The van der Waals surface area contributed by atoms with Crippen LogP contribution in [0, 0.1) is 5.41 Å². The first-order chi connectivity index (χ1) is 15.7. The maximum Gasteiger partial charge on any atom is 0.407 e. The van der Waals surface area contributed by atoms with Gasteiger partial charge in [-0.15, -0.1) is 0 Å². The summed E-state index contributed by atoms with van der Waals surface area (Å²) in [5.41, 5.74) is 4.33. The summed E-state index contributed by atoms with van der Waals surface area (Å²) in [5, 5.41) is 14.4. The van der Waals surface area contributed by atoms with E-state index in [9.17, 15) is 14.4 Å². The zero-order chi connectivity index (χ0) is 24.0. The summed E-state index contributed by atoms with van der Waals surface area (Å²) in [6.45, 7) is 6.63. The van der Waals surface area contributed by atoms with Gasteiger partial charge in [-0.1, -0.05) is 69.3 Å². The molecule has 3 N–H and O–H groups in total. The van der Waals surface area contributed by atoms with Crippen LogP contribution in [-0.4, -0.2) is 42.3 Å². The second kappa shape index (κ2) is 10.5. The van der Waals surface area contributed by atoms with Crippen LogP contribution in [-0.2, 0) is 14.3 Å². The topological polar surface area (TPSA) is 105 Å². The third kappa shape index (κ3) is 6.12. The number of fused-ring (bicyclic) bond motifs is 3. The average molecular weight is 453 g/mol. The smallest absolute Gasteiger partial charge is 0.407 e. The molecule has 0 saturated heterocycles. The molecule has 0 aromatic heterocycles. The van der Waals surface area contributed by atoms with E-state index < -0.39 is 24.0 Å². The summed E-state index contributed by atoms with van der Waals surface area (Å²) in [4.78, 5) is 36.3. The van der Waals surface area contributed by atoms with Gasteiger partial charge in [0.2, 0.25) is 5.91 Å². The second-order valence-corrected chi connectivity index (χ2v) is 9.19. The number of nitrogens with one attached hydrogen (secondary N) is 2. The zero-order valence-corrected chi connectivity index (χ0v) is 19.4. The highest BCUT2D eigenvalue weighted by Gasteiger charge is 2.30. The Morgan fingerprint density at radius 2 is 1.61 bits per heavy atom. The highest BCUT2D eigenvalue weighted by molar-refractivity contribution is 5.86. The Balaban J connectivity index is 1.64. The van der Waals surface area contributed by atoms with Gasteiger partial charge in [0.1, 0.15) is 12.6 Å². The summed E-state index contributed by atoms with van der Waals surface area (Å²) in [6, 6.07) is 15.1. The van der Waals surface area contributed by atoms with Crippen molar-refractivity contribution in [3.05, 3.63) is 59.7 Å². The third-order valence-corrected chi connectivity index (χ3v) is 6.30. The van der Waals surface area contributed by atoms with Crippen molar-refractivity contribution < 1.29 is 24.2 Å². The van der Waals surface area contributed by atoms with Gasteiger partial charge in [0.15, 0.2) is 0 Å². The molecule has 2 amide bonds. The first-order valence-corrected chi connectivity index (χ1v) is 11.3. The van der Waals surface area contributed by atoms with Crippen LogP contribution in [0.15, 0.2) is 48.5 Å². The number of alkyl carbamates (subject to hydrolysis) is 1. The maximum absolute atomic E-state index is 12.7. The quantitative estimate of drug-likeness (QED) is 0.498. The molecule has 7 nitrogen and oxygen atoms in total. The molecule has 2 aromatic carbocycles. The SMILES string of the molecule is CCC(C)(C)CNC(=O)C(CCC(=O)O)NC(=O)OCC1c2ccccc2-c2ccccc21. The summed E-state index contributed by atoms with van der Waals surface area (Å²) >= 11 is 0. The maximum atomic E-state index is 12.7. The van der Waals surface area contributed by atoms with E-state index in [0.717, 1.165) is 28.7 Å². The van der Waals surface area contributed by atoms with E-state index in [4.69, 9.17) is 9.84 Å². The van der Waals surface area contributed by atoms with Gasteiger partial charge in [0, 0.05) is 18.9 Å². The largest absolute Gasteiger partial charge is 0.481 e. The van der Waals surface area contributed by atoms with Gasteiger partial charge in [-0.25, -0.2) is 4.79 Å². The molecule has 7 heteroatoms. The number of aliphatic carboxylic acids is 1. The lowest BCUT2D eigenvalue weighted by Crippen LogP contribution is -2.49. The Hall–Kier alpha value is -3.35. The van der Waals surface area contributed by atoms with E-state index in [0.29, 0.717) is 6.54 Å². The number of carboxylic acid groups (broad SMARTS) is 1. The molecule has 1 unspecified atom stereocenters. The molecular weight excluding hydrogens is 420 g/mol. The van der Waals surface area contributed by atoms with Crippen molar-refractivity contribution in [2.75, 3.05) is 13.2 Å². The van der Waals surface area contributed by atoms with Gasteiger partial charge in [-0.3, -0.25) is 9.59 Å². The molecule has 0 saturated carbocycles. The van der Waals surface area contributed by atoms with E-state index >= 15 is 0 Å².